The molecule has 1 saturated carbocycles. The van der Waals surface area contributed by atoms with Crippen LogP contribution in [0.5, 0.6) is 0 Å². The van der Waals surface area contributed by atoms with Crippen molar-refractivity contribution < 1.29 is 4.79 Å². The SMILES string of the molecule is CCCCN(CCCC)C(=O)C1CCC(N)C(C)C1(C)C. The number of carbonyl (C=O) groups excluding carboxylic acids is 1. The van der Waals surface area contributed by atoms with Crippen LogP contribution in [0.25, 0.3) is 0 Å². The zero-order valence-electron chi connectivity index (χ0n) is 14.8. The summed E-state index contributed by atoms with van der Waals surface area (Å²) < 4.78 is 0. The number of unbranched alkanes of at least 4 members (excludes halogenated alkanes) is 2. The van der Waals surface area contributed by atoms with E-state index in [9.17, 15) is 4.79 Å². The van der Waals surface area contributed by atoms with Gasteiger partial charge >= 0.3 is 0 Å². The van der Waals surface area contributed by atoms with Crippen molar-refractivity contribution in [1.29, 1.82) is 0 Å². The lowest BCUT2D eigenvalue weighted by atomic mass is 9.60. The monoisotopic (exact) mass is 296 g/mol. The highest BCUT2D eigenvalue weighted by Crippen LogP contribution is 2.45. The average molecular weight is 296 g/mol. The molecule has 0 aliphatic heterocycles. The molecule has 1 fully saturated rings. The Kier molecular flexibility index (Phi) is 7.19. The Morgan fingerprint density at radius 2 is 1.67 bits per heavy atom. The van der Waals surface area contributed by atoms with Crippen LogP contribution in [0.15, 0.2) is 0 Å². The lowest BCUT2D eigenvalue weighted by Crippen LogP contribution is -2.52. The third kappa shape index (κ3) is 4.45. The molecule has 0 spiro atoms. The normalized spacial score (nSPS) is 28.4. The molecule has 0 saturated heterocycles. The van der Waals surface area contributed by atoms with Gasteiger partial charge in [0.25, 0.3) is 0 Å². The predicted octanol–water partition coefficient (Wildman–Crippen LogP) is 3.81. The van der Waals surface area contributed by atoms with E-state index in [0.717, 1.165) is 51.6 Å². The molecule has 1 rings (SSSR count). The molecular formula is C18H36N2O. The summed E-state index contributed by atoms with van der Waals surface area (Å²) in [7, 11) is 0. The van der Waals surface area contributed by atoms with Crippen molar-refractivity contribution in [1.82, 2.24) is 4.90 Å². The van der Waals surface area contributed by atoms with Gasteiger partial charge in [0.05, 0.1) is 0 Å². The molecule has 2 N–H and O–H groups in total. The van der Waals surface area contributed by atoms with Crippen LogP contribution >= 0.6 is 0 Å². The van der Waals surface area contributed by atoms with Gasteiger partial charge in [0.1, 0.15) is 0 Å². The molecule has 3 nitrogen and oxygen atoms in total. The summed E-state index contributed by atoms with van der Waals surface area (Å²) >= 11 is 0. The summed E-state index contributed by atoms with van der Waals surface area (Å²) in [5.41, 5.74) is 6.23. The minimum absolute atomic E-state index is 0.00539. The Hall–Kier alpha value is -0.570. The van der Waals surface area contributed by atoms with Crippen LogP contribution in [0.1, 0.15) is 73.1 Å². The number of nitrogens with zero attached hydrogens (tertiary/aromatic N) is 1. The Morgan fingerprint density at radius 3 is 2.14 bits per heavy atom. The highest BCUT2D eigenvalue weighted by Gasteiger charge is 2.45. The maximum absolute atomic E-state index is 13.1. The van der Waals surface area contributed by atoms with Crippen LogP contribution in [0.3, 0.4) is 0 Å². The molecule has 1 aliphatic rings. The second-order valence-corrected chi connectivity index (χ2v) is 7.44. The van der Waals surface area contributed by atoms with E-state index in [-0.39, 0.29) is 17.4 Å². The molecule has 1 amide bonds. The van der Waals surface area contributed by atoms with Gasteiger partial charge in [0.2, 0.25) is 5.91 Å². The predicted molar refractivity (Wildman–Crippen MR) is 90.0 cm³/mol. The molecule has 0 radical (unpaired) electrons. The van der Waals surface area contributed by atoms with Crippen LogP contribution in [0.2, 0.25) is 0 Å². The van der Waals surface area contributed by atoms with Crippen LogP contribution < -0.4 is 5.73 Å². The van der Waals surface area contributed by atoms with Gasteiger partial charge in [-0.1, -0.05) is 47.5 Å². The molecule has 0 aromatic heterocycles. The Morgan fingerprint density at radius 1 is 1.14 bits per heavy atom. The molecule has 0 bridgehead atoms. The topological polar surface area (TPSA) is 46.3 Å². The summed E-state index contributed by atoms with van der Waals surface area (Å²) in [5, 5.41) is 0. The van der Waals surface area contributed by atoms with Gasteiger partial charge in [-0.2, -0.15) is 0 Å². The number of amides is 1. The molecule has 1 aliphatic carbocycles. The molecule has 124 valence electrons. The zero-order chi connectivity index (χ0) is 16.0. The Labute approximate surface area is 131 Å². The summed E-state index contributed by atoms with van der Waals surface area (Å²) in [5.74, 6) is 0.918. The third-order valence-electron chi connectivity index (χ3n) is 5.68. The second-order valence-electron chi connectivity index (χ2n) is 7.44. The van der Waals surface area contributed by atoms with Gasteiger partial charge in [-0.3, -0.25) is 4.79 Å². The first kappa shape index (κ1) is 18.5. The van der Waals surface area contributed by atoms with E-state index >= 15 is 0 Å². The van der Waals surface area contributed by atoms with E-state index in [0.29, 0.717) is 11.8 Å². The first-order valence-electron chi connectivity index (χ1n) is 8.90. The summed E-state index contributed by atoms with van der Waals surface area (Å²) in [4.78, 5) is 15.2. The van der Waals surface area contributed by atoms with Crippen molar-refractivity contribution in [2.75, 3.05) is 13.1 Å². The van der Waals surface area contributed by atoms with Gasteiger partial charge in [-0.25, -0.2) is 0 Å². The minimum atomic E-state index is 0.00539. The smallest absolute Gasteiger partial charge is 0.226 e. The highest BCUT2D eigenvalue weighted by atomic mass is 16.2. The fourth-order valence-electron chi connectivity index (χ4n) is 3.54. The minimum Gasteiger partial charge on any atom is -0.342 e. The van der Waals surface area contributed by atoms with Crippen molar-refractivity contribution in [2.24, 2.45) is 23.0 Å². The van der Waals surface area contributed by atoms with Crippen molar-refractivity contribution in [2.45, 2.75) is 79.2 Å². The molecule has 3 heteroatoms. The van der Waals surface area contributed by atoms with E-state index in [2.05, 4.69) is 39.5 Å². The fraction of sp³-hybridized carbons (Fsp3) is 0.944. The van der Waals surface area contributed by atoms with Gasteiger partial charge in [-0.05, 0) is 37.0 Å². The third-order valence-corrected chi connectivity index (χ3v) is 5.68. The number of carbonyl (C=O) groups is 1. The van der Waals surface area contributed by atoms with E-state index in [4.69, 9.17) is 5.73 Å². The van der Waals surface area contributed by atoms with Gasteiger partial charge in [0, 0.05) is 25.0 Å². The van der Waals surface area contributed by atoms with E-state index in [1.54, 1.807) is 0 Å². The van der Waals surface area contributed by atoms with Crippen LogP contribution in [-0.4, -0.2) is 29.9 Å². The van der Waals surface area contributed by atoms with Gasteiger partial charge in [-0.15, -0.1) is 0 Å². The maximum atomic E-state index is 13.1. The van der Waals surface area contributed by atoms with Crippen molar-refractivity contribution in [3.63, 3.8) is 0 Å². The number of rotatable bonds is 7. The number of nitrogens with two attached hydrogens (primary N) is 1. The van der Waals surface area contributed by atoms with Crippen LogP contribution in [0, 0.1) is 17.3 Å². The fourth-order valence-corrected chi connectivity index (χ4v) is 3.54. The zero-order valence-corrected chi connectivity index (χ0v) is 14.8. The Bertz CT molecular complexity index is 319. The van der Waals surface area contributed by atoms with Gasteiger partial charge < -0.3 is 10.6 Å². The van der Waals surface area contributed by atoms with Crippen LogP contribution in [-0.2, 0) is 4.79 Å². The van der Waals surface area contributed by atoms with E-state index in [1.807, 2.05) is 0 Å². The number of hydrogen-bond donors (Lipinski definition) is 1. The summed E-state index contributed by atoms with van der Waals surface area (Å²) in [6.45, 7) is 12.9. The number of hydrogen-bond acceptors (Lipinski definition) is 2. The Balaban J connectivity index is 2.81. The first-order chi connectivity index (χ1) is 9.86. The van der Waals surface area contributed by atoms with E-state index in [1.165, 1.54) is 0 Å². The molecule has 3 unspecified atom stereocenters. The highest BCUT2D eigenvalue weighted by molar-refractivity contribution is 5.79. The average Bonchev–Trinajstić information content (AvgIpc) is 2.44. The lowest BCUT2D eigenvalue weighted by molar-refractivity contribution is -0.143. The van der Waals surface area contributed by atoms with Crippen LogP contribution in [0.4, 0.5) is 0 Å². The quantitative estimate of drug-likeness (QED) is 0.776. The van der Waals surface area contributed by atoms with E-state index < -0.39 is 0 Å². The first-order valence-corrected chi connectivity index (χ1v) is 8.90. The van der Waals surface area contributed by atoms with Crippen molar-refractivity contribution in [3.05, 3.63) is 0 Å². The van der Waals surface area contributed by atoms with Gasteiger partial charge in [0.15, 0.2) is 0 Å². The maximum Gasteiger partial charge on any atom is 0.226 e. The molecule has 0 aromatic rings. The largest absolute Gasteiger partial charge is 0.342 e. The summed E-state index contributed by atoms with van der Waals surface area (Å²) in [6, 6.07) is 0.240. The van der Waals surface area contributed by atoms with Crippen molar-refractivity contribution in [3.8, 4) is 0 Å². The van der Waals surface area contributed by atoms with Crippen molar-refractivity contribution >= 4 is 5.91 Å². The molecule has 3 atom stereocenters. The second kappa shape index (κ2) is 8.17. The molecular weight excluding hydrogens is 260 g/mol. The molecule has 21 heavy (non-hydrogen) atoms. The lowest BCUT2D eigenvalue weighted by Gasteiger charge is -2.47. The molecule has 0 aromatic carbocycles. The molecule has 0 heterocycles. The standard InChI is InChI=1S/C18H36N2O/c1-6-8-12-20(13-9-7-2)17(21)15-10-11-16(19)14(3)18(15,4)5/h14-16H,6-13,19H2,1-5H3. The summed E-state index contributed by atoms with van der Waals surface area (Å²) in [6.07, 6.45) is 6.44.